The number of rotatable bonds is 3. The van der Waals surface area contributed by atoms with Crippen LogP contribution in [0.2, 0.25) is 0 Å². The average Bonchev–Trinajstić information content (AvgIpc) is 2.61. The van der Waals surface area contributed by atoms with Crippen molar-refractivity contribution in [2.75, 3.05) is 26.9 Å². The zero-order valence-corrected chi connectivity index (χ0v) is 13.4. The minimum atomic E-state index is 0.632. The monoisotopic (exact) mass is 311 g/mol. The molecule has 2 aromatic rings. The van der Waals surface area contributed by atoms with E-state index in [2.05, 4.69) is 35.2 Å². The fraction of sp³-hybridized carbons (Fsp3) is 0.368. The molecule has 0 atom stereocenters. The summed E-state index contributed by atoms with van der Waals surface area (Å²) in [5, 5.41) is 0. The van der Waals surface area contributed by atoms with Crippen molar-refractivity contribution in [3.63, 3.8) is 0 Å². The van der Waals surface area contributed by atoms with E-state index < -0.39 is 0 Å². The van der Waals surface area contributed by atoms with Gasteiger partial charge in [-0.3, -0.25) is 4.90 Å². The summed E-state index contributed by atoms with van der Waals surface area (Å²) in [5.74, 6) is 2.74. The van der Waals surface area contributed by atoms with Gasteiger partial charge in [-0.2, -0.15) is 0 Å². The topological polar surface area (TPSA) is 30.9 Å². The molecule has 0 amide bonds. The SMILES string of the molecule is COc1cccc2c1CCN(Cc1ccc3c(c1)OCCO3)C2. The van der Waals surface area contributed by atoms with Gasteiger partial charge < -0.3 is 14.2 Å². The van der Waals surface area contributed by atoms with Crippen molar-refractivity contribution in [2.45, 2.75) is 19.5 Å². The van der Waals surface area contributed by atoms with Crippen molar-refractivity contribution in [1.82, 2.24) is 4.90 Å². The van der Waals surface area contributed by atoms with Gasteiger partial charge in [-0.1, -0.05) is 18.2 Å². The minimum Gasteiger partial charge on any atom is -0.496 e. The van der Waals surface area contributed by atoms with Crippen LogP contribution in [0.25, 0.3) is 0 Å². The second kappa shape index (κ2) is 6.13. The molecule has 0 aliphatic carbocycles. The highest BCUT2D eigenvalue weighted by atomic mass is 16.6. The van der Waals surface area contributed by atoms with Gasteiger partial charge in [-0.05, 0) is 41.3 Å². The van der Waals surface area contributed by atoms with Crippen LogP contribution in [0.4, 0.5) is 0 Å². The molecule has 4 heteroatoms. The third kappa shape index (κ3) is 2.86. The maximum atomic E-state index is 5.68. The maximum Gasteiger partial charge on any atom is 0.161 e. The first kappa shape index (κ1) is 14.4. The Kier molecular flexibility index (Phi) is 3.83. The lowest BCUT2D eigenvalue weighted by molar-refractivity contribution is 0.171. The Morgan fingerprint density at radius 2 is 1.96 bits per heavy atom. The molecule has 0 fully saturated rings. The predicted molar refractivity (Wildman–Crippen MR) is 88.2 cm³/mol. The van der Waals surface area contributed by atoms with Crippen LogP contribution in [0.15, 0.2) is 36.4 Å². The lowest BCUT2D eigenvalue weighted by Crippen LogP contribution is -2.30. The van der Waals surface area contributed by atoms with Gasteiger partial charge in [0, 0.05) is 19.6 Å². The van der Waals surface area contributed by atoms with E-state index in [4.69, 9.17) is 14.2 Å². The summed E-state index contributed by atoms with van der Waals surface area (Å²) in [4.78, 5) is 2.47. The van der Waals surface area contributed by atoms with E-state index in [-0.39, 0.29) is 0 Å². The van der Waals surface area contributed by atoms with E-state index in [1.165, 1.54) is 16.7 Å². The summed E-state index contributed by atoms with van der Waals surface area (Å²) < 4.78 is 16.7. The van der Waals surface area contributed by atoms with Crippen molar-refractivity contribution in [1.29, 1.82) is 0 Å². The lowest BCUT2D eigenvalue weighted by Gasteiger charge is -2.30. The Balaban J connectivity index is 1.50. The van der Waals surface area contributed by atoms with Crippen molar-refractivity contribution in [3.05, 3.63) is 53.1 Å². The van der Waals surface area contributed by atoms with Gasteiger partial charge in [0.2, 0.25) is 0 Å². The smallest absolute Gasteiger partial charge is 0.161 e. The molecule has 4 nitrogen and oxygen atoms in total. The molecule has 2 aromatic carbocycles. The second-order valence-electron chi connectivity index (χ2n) is 6.04. The number of hydrogen-bond donors (Lipinski definition) is 0. The Morgan fingerprint density at radius 1 is 1.09 bits per heavy atom. The van der Waals surface area contributed by atoms with Crippen LogP contribution in [-0.2, 0) is 19.5 Å². The van der Waals surface area contributed by atoms with Crippen LogP contribution in [0.5, 0.6) is 17.2 Å². The average molecular weight is 311 g/mol. The zero-order valence-electron chi connectivity index (χ0n) is 13.4. The minimum absolute atomic E-state index is 0.632. The molecule has 0 bridgehead atoms. The van der Waals surface area contributed by atoms with Gasteiger partial charge in [-0.25, -0.2) is 0 Å². The van der Waals surface area contributed by atoms with Crippen molar-refractivity contribution in [2.24, 2.45) is 0 Å². The summed E-state index contributed by atoms with van der Waals surface area (Å²) in [6.45, 7) is 4.19. The number of methoxy groups -OCH3 is 1. The predicted octanol–water partition coefficient (Wildman–Crippen LogP) is 3.02. The van der Waals surface area contributed by atoms with Crippen LogP contribution in [0, 0.1) is 0 Å². The highest BCUT2D eigenvalue weighted by Crippen LogP contribution is 2.32. The lowest BCUT2D eigenvalue weighted by atomic mass is 9.98. The van der Waals surface area contributed by atoms with Crippen molar-refractivity contribution < 1.29 is 14.2 Å². The van der Waals surface area contributed by atoms with E-state index in [1.807, 2.05) is 6.07 Å². The Morgan fingerprint density at radius 3 is 2.83 bits per heavy atom. The molecule has 0 unspecified atom stereocenters. The van der Waals surface area contributed by atoms with Gasteiger partial charge in [0.15, 0.2) is 11.5 Å². The van der Waals surface area contributed by atoms with Gasteiger partial charge in [0.05, 0.1) is 7.11 Å². The molecule has 4 rings (SSSR count). The summed E-state index contributed by atoms with van der Waals surface area (Å²) in [6.07, 6.45) is 1.03. The van der Waals surface area contributed by atoms with Crippen molar-refractivity contribution in [3.8, 4) is 17.2 Å². The molecule has 23 heavy (non-hydrogen) atoms. The Labute approximate surface area is 136 Å². The molecule has 2 aliphatic rings. The molecule has 0 N–H and O–H groups in total. The summed E-state index contributed by atoms with van der Waals surface area (Å²) in [5.41, 5.74) is 3.99. The van der Waals surface area contributed by atoms with E-state index in [0.29, 0.717) is 13.2 Å². The highest BCUT2D eigenvalue weighted by Gasteiger charge is 2.20. The molecular formula is C19H21NO3. The van der Waals surface area contributed by atoms with Crippen LogP contribution in [0.1, 0.15) is 16.7 Å². The van der Waals surface area contributed by atoms with Crippen molar-refractivity contribution >= 4 is 0 Å². The first-order valence-corrected chi connectivity index (χ1v) is 8.09. The molecule has 2 aliphatic heterocycles. The number of benzene rings is 2. The number of ether oxygens (including phenoxy) is 3. The molecule has 0 radical (unpaired) electrons. The van der Waals surface area contributed by atoms with Crippen LogP contribution in [-0.4, -0.2) is 31.8 Å². The standard InChI is InChI=1S/C19H21NO3/c1-21-17-4-2-3-15-13-20(8-7-16(15)17)12-14-5-6-18-19(11-14)23-10-9-22-18/h2-6,11H,7-10,12-13H2,1H3. The maximum absolute atomic E-state index is 5.68. The molecular weight excluding hydrogens is 290 g/mol. The molecule has 0 saturated heterocycles. The molecule has 2 heterocycles. The molecule has 0 saturated carbocycles. The van der Waals surface area contributed by atoms with E-state index in [1.54, 1.807) is 7.11 Å². The molecule has 120 valence electrons. The van der Waals surface area contributed by atoms with E-state index in [0.717, 1.165) is 43.3 Å². The van der Waals surface area contributed by atoms with Crippen LogP contribution >= 0.6 is 0 Å². The fourth-order valence-electron chi connectivity index (χ4n) is 3.40. The largest absolute Gasteiger partial charge is 0.496 e. The molecule has 0 spiro atoms. The number of fused-ring (bicyclic) bond motifs is 2. The fourth-order valence-corrected chi connectivity index (χ4v) is 3.40. The zero-order chi connectivity index (χ0) is 15.6. The number of nitrogens with zero attached hydrogens (tertiary/aromatic N) is 1. The van der Waals surface area contributed by atoms with E-state index in [9.17, 15) is 0 Å². The second-order valence-corrected chi connectivity index (χ2v) is 6.04. The summed E-state index contributed by atoms with van der Waals surface area (Å²) in [6, 6.07) is 12.6. The van der Waals surface area contributed by atoms with Crippen LogP contribution in [0.3, 0.4) is 0 Å². The Hall–Kier alpha value is -2.20. The third-order valence-corrected chi connectivity index (χ3v) is 4.53. The Bertz CT molecular complexity index is 714. The summed E-state index contributed by atoms with van der Waals surface area (Å²) >= 11 is 0. The number of hydrogen-bond acceptors (Lipinski definition) is 4. The van der Waals surface area contributed by atoms with Gasteiger partial charge in [-0.15, -0.1) is 0 Å². The highest BCUT2D eigenvalue weighted by molar-refractivity contribution is 5.44. The molecule has 0 aromatic heterocycles. The third-order valence-electron chi connectivity index (χ3n) is 4.53. The normalized spacial score (nSPS) is 16.7. The van der Waals surface area contributed by atoms with Gasteiger partial charge in [0.1, 0.15) is 19.0 Å². The van der Waals surface area contributed by atoms with Gasteiger partial charge >= 0.3 is 0 Å². The first-order chi connectivity index (χ1) is 11.3. The first-order valence-electron chi connectivity index (χ1n) is 8.09. The van der Waals surface area contributed by atoms with Gasteiger partial charge in [0.25, 0.3) is 0 Å². The summed E-state index contributed by atoms with van der Waals surface area (Å²) in [7, 11) is 1.75. The quantitative estimate of drug-likeness (QED) is 0.872. The van der Waals surface area contributed by atoms with E-state index >= 15 is 0 Å². The van der Waals surface area contributed by atoms with Crippen LogP contribution < -0.4 is 14.2 Å².